The van der Waals surface area contributed by atoms with Gasteiger partial charge < -0.3 is 0 Å². The second kappa shape index (κ2) is 10.8. The number of benzene rings is 1. The SMILES string of the molecule is CCCCCCCSc1nc2sc3c(c2c(=O)n1Cc1ccccc1)CCC(C(C)(C)C)C3. The second-order valence-corrected chi connectivity index (χ2v) is 12.7. The predicted molar refractivity (Wildman–Crippen MR) is 144 cm³/mol. The molecule has 33 heavy (non-hydrogen) atoms. The number of nitrogens with zero attached hydrogens (tertiary/aromatic N) is 2. The minimum atomic E-state index is 0.157. The van der Waals surface area contributed by atoms with Crippen molar-refractivity contribution in [3.05, 3.63) is 56.7 Å². The summed E-state index contributed by atoms with van der Waals surface area (Å²) < 4.78 is 1.94. The molecule has 4 rings (SSSR count). The highest BCUT2D eigenvalue weighted by Crippen LogP contribution is 2.42. The third-order valence-electron chi connectivity index (χ3n) is 7.02. The van der Waals surface area contributed by atoms with E-state index in [0.29, 0.717) is 17.9 Å². The second-order valence-electron chi connectivity index (χ2n) is 10.5. The summed E-state index contributed by atoms with van der Waals surface area (Å²) in [5.74, 6) is 1.69. The molecule has 0 amide bonds. The van der Waals surface area contributed by atoms with Crippen molar-refractivity contribution in [2.45, 2.75) is 90.8 Å². The molecular formula is C28H38N2OS2. The monoisotopic (exact) mass is 482 g/mol. The lowest BCUT2D eigenvalue weighted by Gasteiger charge is -2.33. The van der Waals surface area contributed by atoms with E-state index in [1.54, 1.807) is 23.1 Å². The Morgan fingerprint density at radius 3 is 2.61 bits per heavy atom. The summed E-state index contributed by atoms with van der Waals surface area (Å²) in [5, 5.41) is 1.78. The maximum Gasteiger partial charge on any atom is 0.263 e. The minimum Gasteiger partial charge on any atom is -0.283 e. The summed E-state index contributed by atoms with van der Waals surface area (Å²) in [5.41, 5.74) is 2.89. The van der Waals surface area contributed by atoms with Gasteiger partial charge in [0, 0.05) is 10.6 Å². The molecule has 2 heterocycles. The highest BCUT2D eigenvalue weighted by molar-refractivity contribution is 7.99. The Kier molecular flexibility index (Phi) is 8.01. The van der Waals surface area contributed by atoms with E-state index in [4.69, 9.17) is 4.98 Å². The summed E-state index contributed by atoms with van der Waals surface area (Å²) in [6.45, 7) is 9.87. The van der Waals surface area contributed by atoms with Crippen molar-refractivity contribution < 1.29 is 0 Å². The van der Waals surface area contributed by atoms with E-state index in [2.05, 4.69) is 39.8 Å². The van der Waals surface area contributed by atoms with E-state index in [-0.39, 0.29) is 5.56 Å². The highest BCUT2D eigenvalue weighted by atomic mass is 32.2. The van der Waals surface area contributed by atoms with Crippen molar-refractivity contribution in [1.82, 2.24) is 9.55 Å². The van der Waals surface area contributed by atoms with Crippen LogP contribution in [0.25, 0.3) is 10.2 Å². The van der Waals surface area contributed by atoms with Crippen LogP contribution in [0, 0.1) is 11.3 Å². The van der Waals surface area contributed by atoms with Gasteiger partial charge in [-0.05, 0) is 48.1 Å². The molecule has 1 aliphatic rings. The van der Waals surface area contributed by atoms with E-state index >= 15 is 0 Å². The fraction of sp³-hybridized carbons (Fsp3) is 0.571. The van der Waals surface area contributed by atoms with Gasteiger partial charge in [0.2, 0.25) is 0 Å². The Hall–Kier alpha value is -1.59. The summed E-state index contributed by atoms with van der Waals surface area (Å²) >= 11 is 3.54. The van der Waals surface area contributed by atoms with Gasteiger partial charge in [0.1, 0.15) is 4.83 Å². The van der Waals surface area contributed by atoms with Crippen LogP contribution in [-0.4, -0.2) is 15.3 Å². The van der Waals surface area contributed by atoms with Crippen LogP contribution < -0.4 is 5.56 Å². The zero-order chi connectivity index (χ0) is 23.4. The first-order valence-corrected chi connectivity index (χ1v) is 14.4. The molecule has 1 aliphatic carbocycles. The van der Waals surface area contributed by atoms with Crippen LogP contribution >= 0.6 is 23.1 Å². The summed E-state index contributed by atoms with van der Waals surface area (Å²) in [6.07, 6.45) is 9.56. The van der Waals surface area contributed by atoms with E-state index in [1.807, 2.05) is 22.8 Å². The van der Waals surface area contributed by atoms with Crippen molar-refractivity contribution in [1.29, 1.82) is 0 Å². The Balaban J connectivity index is 1.67. The lowest BCUT2D eigenvalue weighted by atomic mass is 9.72. The van der Waals surface area contributed by atoms with Crippen LogP contribution in [0.4, 0.5) is 0 Å². The largest absolute Gasteiger partial charge is 0.283 e. The molecule has 1 atom stereocenters. The molecule has 178 valence electrons. The smallest absolute Gasteiger partial charge is 0.263 e. The fourth-order valence-corrected chi connectivity index (χ4v) is 7.20. The van der Waals surface area contributed by atoms with E-state index in [1.165, 1.54) is 42.5 Å². The lowest BCUT2D eigenvalue weighted by molar-refractivity contribution is 0.218. The first-order chi connectivity index (χ1) is 15.9. The minimum absolute atomic E-state index is 0.157. The standard InChI is InChI=1S/C28H38N2OS2/c1-5-6-7-8-12-17-32-27-29-25-24(26(31)30(27)19-20-13-10-9-11-14-20)22-16-15-21(28(2,3)4)18-23(22)33-25/h9-11,13-14,21H,5-8,12,15-19H2,1-4H3. The number of fused-ring (bicyclic) bond motifs is 3. The first-order valence-electron chi connectivity index (χ1n) is 12.6. The quantitative estimate of drug-likeness (QED) is 0.178. The number of aromatic nitrogens is 2. The number of rotatable bonds is 9. The van der Waals surface area contributed by atoms with Gasteiger partial charge in [-0.1, -0.05) is 95.5 Å². The third kappa shape index (κ3) is 5.74. The van der Waals surface area contributed by atoms with E-state index < -0.39 is 0 Å². The molecular weight excluding hydrogens is 444 g/mol. The van der Waals surface area contributed by atoms with Crippen LogP contribution in [0.1, 0.15) is 82.2 Å². The predicted octanol–water partition coefficient (Wildman–Crippen LogP) is 7.72. The maximum absolute atomic E-state index is 13.9. The Morgan fingerprint density at radius 2 is 1.88 bits per heavy atom. The molecule has 0 saturated carbocycles. The van der Waals surface area contributed by atoms with Crippen LogP contribution in [0.15, 0.2) is 40.3 Å². The number of thiophene rings is 1. The lowest BCUT2D eigenvalue weighted by Crippen LogP contribution is -2.27. The molecule has 0 saturated heterocycles. The van der Waals surface area contributed by atoms with Crippen LogP contribution in [0.2, 0.25) is 0 Å². The van der Waals surface area contributed by atoms with Crippen LogP contribution in [0.5, 0.6) is 0 Å². The number of hydrogen-bond acceptors (Lipinski definition) is 4. The van der Waals surface area contributed by atoms with Crippen LogP contribution in [0.3, 0.4) is 0 Å². The normalized spacial score (nSPS) is 16.3. The summed E-state index contributed by atoms with van der Waals surface area (Å²) in [6, 6.07) is 10.3. The molecule has 0 fully saturated rings. The van der Waals surface area contributed by atoms with Gasteiger partial charge in [0.15, 0.2) is 5.16 Å². The Labute approximate surface area is 207 Å². The maximum atomic E-state index is 13.9. The molecule has 0 N–H and O–H groups in total. The van der Waals surface area contributed by atoms with E-state index in [0.717, 1.165) is 46.0 Å². The molecule has 3 nitrogen and oxygen atoms in total. The molecule has 1 unspecified atom stereocenters. The number of aryl methyl sites for hydroxylation is 1. The molecule has 2 aromatic heterocycles. The molecule has 0 bridgehead atoms. The molecule has 0 aliphatic heterocycles. The van der Waals surface area contributed by atoms with Gasteiger partial charge in [-0.2, -0.15) is 0 Å². The van der Waals surface area contributed by atoms with Gasteiger partial charge in [0.05, 0.1) is 11.9 Å². The Bertz CT molecular complexity index is 1120. The fourth-order valence-electron chi connectivity index (χ4n) is 4.86. The highest BCUT2D eigenvalue weighted by Gasteiger charge is 2.32. The zero-order valence-electron chi connectivity index (χ0n) is 20.7. The van der Waals surface area contributed by atoms with Crippen molar-refractivity contribution >= 4 is 33.3 Å². The van der Waals surface area contributed by atoms with Gasteiger partial charge in [-0.15, -0.1) is 11.3 Å². The van der Waals surface area contributed by atoms with Crippen molar-refractivity contribution in [3.63, 3.8) is 0 Å². The van der Waals surface area contributed by atoms with Gasteiger partial charge in [0.25, 0.3) is 5.56 Å². The molecule has 1 aromatic carbocycles. The number of thioether (sulfide) groups is 1. The first kappa shape index (κ1) is 24.5. The van der Waals surface area contributed by atoms with E-state index in [9.17, 15) is 4.79 Å². The number of unbranched alkanes of at least 4 members (excludes halogenated alkanes) is 4. The molecule has 0 spiro atoms. The molecule has 0 radical (unpaired) electrons. The van der Waals surface area contributed by atoms with Gasteiger partial charge >= 0.3 is 0 Å². The summed E-state index contributed by atoms with van der Waals surface area (Å²) in [4.78, 5) is 21.3. The third-order valence-corrected chi connectivity index (χ3v) is 9.23. The number of hydrogen-bond donors (Lipinski definition) is 0. The average Bonchev–Trinajstić information content (AvgIpc) is 3.16. The zero-order valence-corrected chi connectivity index (χ0v) is 22.3. The topological polar surface area (TPSA) is 34.9 Å². The van der Waals surface area contributed by atoms with Gasteiger partial charge in [-0.25, -0.2) is 4.98 Å². The van der Waals surface area contributed by atoms with Crippen LogP contribution in [-0.2, 0) is 19.4 Å². The van der Waals surface area contributed by atoms with Crippen molar-refractivity contribution in [2.75, 3.05) is 5.75 Å². The molecule has 3 aromatic rings. The van der Waals surface area contributed by atoms with Crippen molar-refractivity contribution in [2.24, 2.45) is 11.3 Å². The molecule has 5 heteroatoms. The Morgan fingerprint density at radius 1 is 1.12 bits per heavy atom. The average molecular weight is 483 g/mol. The summed E-state index contributed by atoms with van der Waals surface area (Å²) in [7, 11) is 0. The van der Waals surface area contributed by atoms with Crippen molar-refractivity contribution in [3.8, 4) is 0 Å². The van der Waals surface area contributed by atoms with Gasteiger partial charge in [-0.3, -0.25) is 9.36 Å².